The Balaban J connectivity index is 2.61. The molecule has 2 rings (SSSR count). The monoisotopic (exact) mass is 521 g/mol. The average molecular weight is 522 g/mol. The summed E-state index contributed by atoms with van der Waals surface area (Å²) in [5, 5.41) is 5.81. The summed E-state index contributed by atoms with van der Waals surface area (Å²) in [4.78, 5) is 42.4. The molecule has 7 heteroatoms. The van der Waals surface area contributed by atoms with Crippen LogP contribution in [0.5, 0.6) is 0 Å². The first kappa shape index (κ1) is 30.6. The van der Waals surface area contributed by atoms with Gasteiger partial charge < -0.3 is 20.3 Å². The van der Waals surface area contributed by atoms with Gasteiger partial charge in [-0.05, 0) is 77.6 Å². The second-order valence-corrected chi connectivity index (χ2v) is 11.6. The fourth-order valence-electron chi connectivity index (χ4n) is 4.29. The smallest absolute Gasteiger partial charge is 0.408 e. The number of hydrogen-bond acceptors (Lipinski definition) is 4. The van der Waals surface area contributed by atoms with Gasteiger partial charge in [0.2, 0.25) is 11.8 Å². The van der Waals surface area contributed by atoms with E-state index in [1.54, 1.807) is 26.8 Å². The van der Waals surface area contributed by atoms with E-state index in [9.17, 15) is 14.4 Å². The second kappa shape index (κ2) is 12.8. The number of amides is 3. The molecule has 0 heterocycles. The van der Waals surface area contributed by atoms with E-state index in [4.69, 9.17) is 4.74 Å². The summed E-state index contributed by atoms with van der Waals surface area (Å²) in [5.41, 5.74) is 2.13. The van der Waals surface area contributed by atoms with Crippen molar-refractivity contribution in [2.45, 2.75) is 85.0 Å². The molecule has 0 spiro atoms. The molecule has 0 aliphatic heterocycles. The van der Waals surface area contributed by atoms with Crippen LogP contribution in [-0.2, 0) is 20.7 Å². The number of ether oxygens (including phenoxy) is 1. The minimum atomic E-state index is -0.971. The third-order valence-electron chi connectivity index (χ3n) is 5.75. The van der Waals surface area contributed by atoms with Gasteiger partial charge in [-0.1, -0.05) is 54.6 Å². The number of hydrogen-bond donors (Lipinski definition) is 2. The molecule has 38 heavy (non-hydrogen) atoms. The fourth-order valence-corrected chi connectivity index (χ4v) is 4.29. The second-order valence-electron chi connectivity index (χ2n) is 11.6. The number of carbonyl (C=O) groups is 3. The van der Waals surface area contributed by atoms with E-state index in [0.717, 1.165) is 22.3 Å². The summed E-state index contributed by atoms with van der Waals surface area (Å²) in [7, 11) is 0. The third-order valence-corrected chi connectivity index (χ3v) is 5.75. The Morgan fingerprint density at radius 3 is 2.03 bits per heavy atom. The van der Waals surface area contributed by atoms with Crippen LogP contribution in [0.3, 0.4) is 0 Å². The molecule has 2 unspecified atom stereocenters. The van der Waals surface area contributed by atoms with Crippen LogP contribution in [0.2, 0.25) is 0 Å². The van der Waals surface area contributed by atoms with Crippen LogP contribution in [0.1, 0.15) is 69.8 Å². The highest BCUT2D eigenvalue weighted by Gasteiger charge is 2.38. The summed E-state index contributed by atoms with van der Waals surface area (Å²) >= 11 is 0. The standard InChI is InChI=1S/C31H43N3O4/c1-10-19-34(26(27(35)33-30(4,5)6)25-21(2)15-14-16-22(25)3)28(36)24(20-23-17-12-11-13-18-23)32-29(37)38-31(7,8)9/h10-18,24,26H,1,19-20H2,2-9H3,(H,32,37)(H,33,35). The minimum absolute atomic E-state index is 0.107. The molecular formula is C31H43N3O4. The topological polar surface area (TPSA) is 87.7 Å². The van der Waals surface area contributed by atoms with Crippen LogP contribution >= 0.6 is 0 Å². The van der Waals surface area contributed by atoms with E-state index < -0.39 is 35.2 Å². The van der Waals surface area contributed by atoms with Crippen LogP contribution < -0.4 is 10.6 Å². The summed E-state index contributed by atoms with van der Waals surface area (Å²) in [6.45, 7) is 18.8. The van der Waals surface area contributed by atoms with Gasteiger partial charge in [0.25, 0.3) is 0 Å². The highest BCUT2D eigenvalue weighted by Crippen LogP contribution is 2.29. The Morgan fingerprint density at radius 1 is 0.947 bits per heavy atom. The molecule has 0 aliphatic carbocycles. The normalized spacial score (nSPS) is 13.2. The van der Waals surface area contributed by atoms with Gasteiger partial charge in [-0.25, -0.2) is 4.79 Å². The SMILES string of the molecule is C=CCN(C(=O)C(Cc1ccccc1)NC(=O)OC(C)(C)C)C(C(=O)NC(C)(C)C)c1c(C)cccc1C. The number of nitrogens with one attached hydrogen (secondary N) is 2. The quantitative estimate of drug-likeness (QED) is 0.432. The molecule has 7 nitrogen and oxygen atoms in total. The van der Waals surface area contributed by atoms with Crippen LogP contribution in [0.4, 0.5) is 4.79 Å². The lowest BCUT2D eigenvalue weighted by Crippen LogP contribution is -2.55. The van der Waals surface area contributed by atoms with Crippen LogP contribution in [0.25, 0.3) is 0 Å². The van der Waals surface area contributed by atoms with Gasteiger partial charge >= 0.3 is 6.09 Å². The summed E-state index contributed by atoms with van der Waals surface area (Å²) in [6.07, 6.45) is 1.12. The Hall–Kier alpha value is -3.61. The number of benzene rings is 2. The maximum Gasteiger partial charge on any atom is 0.408 e. The lowest BCUT2D eigenvalue weighted by molar-refractivity contribution is -0.142. The van der Waals surface area contributed by atoms with E-state index in [2.05, 4.69) is 17.2 Å². The minimum Gasteiger partial charge on any atom is -0.444 e. The Kier molecular flexibility index (Phi) is 10.3. The molecule has 2 aromatic carbocycles. The molecule has 2 atom stereocenters. The number of carbonyl (C=O) groups excluding carboxylic acids is 3. The molecule has 2 aromatic rings. The molecule has 0 saturated carbocycles. The molecule has 0 aliphatic rings. The molecule has 0 aromatic heterocycles. The number of aryl methyl sites for hydroxylation is 2. The molecule has 0 fully saturated rings. The van der Waals surface area contributed by atoms with E-state index >= 15 is 0 Å². The summed E-state index contributed by atoms with van der Waals surface area (Å²) < 4.78 is 5.47. The predicted octanol–water partition coefficient (Wildman–Crippen LogP) is 5.41. The van der Waals surface area contributed by atoms with Crippen molar-refractivity contribution in [1.82, 2.24) is 15.5 Å². The summed E-state index contributed by atoms with van der Waals surface area (Å²) in [5.74, 6) is -0.711. The highest BCUT2D eigenvalue weighted by molar-refractivity contribution is 5.93. The van der Waals surface area contributed by atoms with Gasteiger partial charge in [-0.2, -0.15) is 0 Å². The fraction of sp³-hybridized carbons (Fsp3) is 0.452. The number of rotatable bonds is 9. The van der Waals surface area contributed by atoms with Gasteiger partial charge in [0.1, 0.15) is 17.7 Å². The van der Waals surface area contributed by atoms with Gasteiger partial charge in [0, 0.05) is 18.5 Å². The third kappa shape index (κ3) is 9.05. The largest absolute Gasteiger partial charge is 0.444 e. The Morgan fingerprint density at radius 2 is 1.53 bits per heavy atom. The maximum atomic E-state index is 14.3. The van der Waals surface area contributed by atoms with Crippen molar-refractivity contribution in [3.8, 4) is 0 Å². The zero-order chi connectivity index (χ0) is 28.7. The zero-order valence-corrected chi connectivity index (χ0v) is 24.1. The van der Waals surface area contributed by atoms with Gasteiger partial charge in [-0.3, -0.25) is 9.59 Å². The average Bonchev–Trinajstić information content (AvgIpc) is 2.78. The molecule has 206 valence electrons. The molecule has 0 bridgehead atoms. The van der Waals surface area contributed by atoms with Crippen LogP contribution in [-0.4, -0.2) is 46.5 Å². The first-order chi connectivity index (χ1) is 17.6. The Labute approximate surface area is 227 Å². The zero-order valence-electron chi connectivity index (χ0n) is 24.1. The van der Waals surface area contributed by atoms with E-state index in [1.807, 2.05) is 83.1 Å². The van der Waals surface area contributed by atoms with Crippen molar-refractivity contribution < 1.29 is 19.1 Å². The van der Waals surface area contributed by atoms with Crippen LogP contribution in [0.15, 0.2) is 61.2 Å². The van der Waals surface area contributed by atoms with Crippen molar-refractivity contribution in [2.24, 2.45) is 0 Å². The van der Waals surface area contributed by atoms with E-state index in [0.29, 0.717) is 0 Å². The first-order valence-electron chi connectivity index (χ1n) is 13.0. The molecule has 2 N–H and O–H groups in total. The first-order valence-corrected chi connectivity index (χ1v) is 13.0. The van der Waals surface area contributed by atoms with E-state index in [1.165, 1.54) is 4.90 Å². The molecule has 3 amide bonds. The van der Waals surface area contributed by atoms with E-state index in [-0.39, 0.29) is 18.9 Å². The highest BCUT2D eigenvalue weighted by atomic mass is 16.6. The van der Waals surface area contributed by atoms with Crippen molar-refractivity contribution in [2.75, 3.05) is 6.54 Å². The Bertz CT molecular complexity index is 1110. The van der Waals surface area contributed by atoms with Crippen molar-refractivity contribution in [3.05, 3.63) is 83.4 Å². The van der Waals surface area contributed by atoms with Gasteiger partial charge in [0.05, 0.1) is 0 Å². The molecule has 0 saturated heterocycles. The van der Waals surface area contributed by atoms with Gasteiger partial charge in [-0.15, -0.1) is 6.58 Å². The van der Waals surface area contributed by atoms with Crippen molar-refractivity contribution in [3.63, 3.8) is 0 Å². The van der Waals surface area contributed by atoms with Crippen molar-refractivity contribution in [1.29, 1.82) is 0 Å². The predicted molar refractivity (Wildman–Crippen MR) is 152 cm³/mol. The lowest BCUT2D eigenvalue weighted by atomic mass is 9.92. The lowest BCUT2D eigenvalue weighted by Gasteiger charge is -2.36. The number of nitrogens with zero attached hydrogens (tertiary/aromatic N) is 1. The summed E-state index contributed by atoms with van der Waals surface area (Å²) in [6, 6.07) is 13.3. The van der Waals surface area contributed by atoms with Crippen molar-refractivity contribution >= 4 is 17.9 Å². The van der Waals surface area contributed by atoms with Gasteiger partial charge in [0.15, 0.2) is 0 Å². The number of alkyl carbamates (subject to hydrolysis) is 1. The maximum absolute atomic E-state index is 14.3. The molecule has 0 radical (unpaired) electrons. The molecular weight excluding hydrogens is 478 g/mol. The van der Waals surface area contributed by atoms with Crippen LogP contribution in [0, 0.1) is 13.8 Å².